The number of aryl methyl sites for hydroxylation is 1. The Balaban J connectivity index is 3.31. The molecule has 0 spiro atoms. The van der Waals surface area contributed by atoms with Crippen molar-refractivity contribution in [3.63, 3.8) is 0 Å². The van der Waals surface area contributed by atoms with Crippen LogP contribution in [0.15, 0.2) is 10.6 Å². The highest BCUT2D eigenvalue weighted by Crippen LogP contribution is 2.70. The molecule has 1 N–H and O–H groups in total. The van der Waals surface area contributed by atoms with E-state index >= 15 is 0 Å². The lowest BCUT2D eigenvalue weighted by atomic mass is 10.4. The van der Waals surface area contributed by atoms with Crippen molar-refractivity contribution in [1.82, 2.24) is 5.16 Å². The van der Waals surface area contributed by atoms with Crippen molar-refractivity contribution < 1.29 is 31.7 Å². The summed E-state index contributed by atoms with van der Waals surface area (Å²) in [7, 11) is -7.76. The Labute approximate surface area is 148 Å². The Morgan fingerprint density at radius 3 is 1.72 bits per heavy atom. The first-order chi connectivity index (χ1) is 11.9. The summed E-state index contributed by atoms with van der Waals surface area (Å²) in [6, 6.07) is 1.62. The summed E-state index contributed by atoms with van der Waals surface area (Å²) in [6.07, 6.45) is 0.627. The van der Waals surface area contributed by atoms with E-state index in [1.165, 1.54) is 0 Å². The van der Waals surface area contributed by atoms with Gasteiger partial charge in [-0.1, -0.05) is 12.1 Å². The molecule has 0 aliphatic heterocycles. The number of aromatic nitrogens is 1. The van der Waals surface area contributed by atoms with Crippen LogP contribution in [0.2, 0.25) is 0 Å². The molecule has 0 saturated carbocycles. The quantitative estimate of drug-likeness (QED) is 0.481. The number of hydrogen-bond acceptors (Lipinski definition) is 9. The van der Waals surface area contributed by atoms with Crippen LogP contribution in [0.3, 0.4) is 0 Å². The maximum absolute atomic E-state index is 13.3. The van der Waals surface area contributed by atoms with Crippen molar-refractivity contribution in [2.24, 2.45) is 0 Å². The van der Waals surface area contributed by atoms with Gasteiger partial charge in [0.2, 0.25) is 5.52 Å². The smallest absolute Gasteiger partial charge is 0.359 e. The predicted octanol–water partition coefficient (Wildman–Crippen LogP) is 4.46. The first-order valence-electron chi connectivity index (χ1n) is 8.38. The topological polar surface area (TPSA) is 109 Å². The molecule has 0 amide bonds. The average Bonchev–Trinajstić information content (AvgIpc) is 3.01. The van der Waals surface area contributed by atoms with Crippen LogP contribution in [-0.2, 0) is 33.6 Å². The fourth-order valence-corrected chi connectivity index (χ4v) is 7.01. The molecule has 0 fully saturated rings. The molecule has 0 aliphatic rings. The van der Waals surface area contributed by atoms with Crippen LogP contribution in [0.1, 0.15) is 40.4 Å². The summed E-state index contributed by atoms with van der Waals surface area (Å²) in [6.45, 7) is 8.98. The Bertz CT molecular complexity index is 558. The number of rotatable bonds is 13. The molecular weight excluding hydrogens is 370 g/mol. The Kier molecular flexibility index (Phi) is 9.35. The van der Waals surface area contributed by atoms with Crippen molar-refractivity contribution in [3.8, 4) is 0 Å². The molecule has 1 heterocycles. The second-order valence-electron chi connectivity index (χ2n) is 4.80. The Morgan fingerprint density at radius 2 is 1.40 bits per heavy atom. The van der Waals surface area contributed by atoms with Gasteiger partial charge in [-0.2, -0.15) is 0 Å². The Hall–Kier alpha value is -0.690. The molecule has 0 aliphatic carbocycles. The number of anilines is 1. The maximum atomic E-state index is 13.3. The van der Waals surface area contributed by atoms with Gasteiger partial charge in [-0.25, -0.2) is 0 Å². The third-order valence-electron chi connectivity index (χ3n) is 3.02. The van der Waals surface area contributed by atoms with E-state index in [0.29, 0.717) is 12.2 Å². The first-order valence-corrected chi connectivity index (χ1v) is 11.6. The van der Waals surface area contributed by atoms with E-state index in [1.54, 1.807) is 33.8 Å². The number of hydrogen-bond donors (Lipinski definition) is 1. The number of nitrogens with one attached hydrogen (secondary N) is 1. The second-order valence-corrected chi connectivity index (χ2v) is 9.43. The third kappa shape index (κ3) is 5.91. The van der Waals surface area contributed by atoms with Gasteiger partial charge in [0, 0.05) is 12.5 Å². The van der Waals surface area contributed by atoms with Crippen molar-refractivity contribution in [2.75, 3.05) is 31.7 Å². The molecule has 9 nitrogen and oxygen atoms in total. The lowest BCUT2D eigenvalue weighted by Crippen LogP contribution is -2.25. The fourth-order valence-electron chi connectivity index (χ4n) is 2.09. The van der Waals surface area contributed by atoms with Crippen molar-refractivity contribution in [2.45, 2.75) is 46.6 Å². The molecule has 1 rings (SSSR count). The minimum Gasteiger partial charge on any atom is -0.359 e. The summed E-state index contributed by atoms with van der Waals surface area (Å²) < 4.78 is 53.1. The van der Waals surface area contributed by atoms with Gasteiger partial charge in [-0.15, -0.1) is 0 Å². The van der Waals surface area contributed by atoms with Crippen LogP contribution in [0.5, 0.6) is 0 Å². The van der Waals surface area contributed by atoms with Gasteiger partial charge in [0.05, 0.1) is 26.4 Å². The van der Waals surface area contributed by atoms with Crippen LogP contribution in [0.25, 0.3) is 0 Å². The summed E-state index contributed by atoms with van der Waals surface area (Å²) in [5.41, 5.74) is -1.37. The van der Waals surface area contributed by atoms with E-state index in [4.69, 9.17) is 22.6 Å². The van der Waals surface area contributed by atoms with Crippen molar-refractivity contribution in [3.05, 3.63) is 11.8 Å². The van der Waals surface area contributed by atoms with E-state index in [0.717, 1.165) is 0 Å². The minimum atomic E-state index is -3.88. The third-order valence-corrected chi connectivity index (χ3v) is 8.65. The van der Waals surface area contributed by atoms with Gasteiger partial charge in [0.1, 0.15) is 5.76 Å². The normalized spacial score (nSPS) is 12.7. The number of nitrogens with zero attached hydrogens (tertiary/aromatic N) is 1. The molecule has 0 unspecified atom stereocenters. The highest BCUT2D eigenvalue weighted by molar-refractivity contribution is 7.72. The second kappa shape index (κ2) is 10.5. The first kappa shape index (κ1) is 22.4. The van der Waals surface area contributed by atoms with E-state index in [-0.39, 0.29) is 32.2 Å². The van der Waals surface area contributed by atoms with Gasteiger partial charge in [-0.05, 0) is 27.7 Å². The fraction of sp³-hybridized carbons (Fsp3) is 0.786. The summed E-state index contributed by atoms with van der Waals surface area (Å²) in [4.78, 5) is 0. The Morgan fingerprint density at radius 1 is 0.960 bits per heavy atom. The largest absolute Gasteiger partial charge is 0.365 e. The van der Waals surface area contributed by atoms with E-state index in [2.05, 4.69) is 10.5 Å². The lowest BCUT2D eigenvalue weighted by molar-refractivity contribution is 0.198. The minimum absolute atomic E-state index is 0.104. The zero-order valence-electron chi connectivity index (χ0n) is 15.4. The van der Waals surface area contributed by atoms with Crippen LogP contribution in [-0.4, -0.2) is 37.1 Å². The molecule has 0 radical (unpaired) electrons. The van der Waals surface area contributed by atoms with Crippen LogP contribution >= 0.6 is 15.2 Å². The monoisotopic (exact) mass is 398 g/mol. The molecular formula is C14H28N2O7P2. The van der Waals surface area contributed by atoms with Crippen LogP contribution in [0.4, 0.5) is 5.82 Å². The molecule has 0 atom stereocenters. The maximum Gasteiger partial charge on any atom is 0.365 e. The van der Waals surface area contributed by atoms with E-state index in [1.807, 2.05) is 6.92 Å². The molecule has 0 aromatic carbocycles. The molecule has 1 aromatic rings. The van der Waals surface area contributed by atoms with Gasteiger partial charge >= 0.3 is 15.2 Å². The van der Waals surface area contributed by atoms with Crippen molar-refractivity contribution >= 4 is 21.0 Å². The van der Waals surface area contributed by atoms with Crippen molar-refractivity contribution in [1.29, 1.82) is 0 Å². The summed E-state index contributed by atoms with van der Waals surface area (Å²) in [5.74, 6) is 0.868. The lowest BCUT2D eigenvalue weighted by Gasteiger charge is -2.31. The zero-order chi connectivity index (χ0) is 18.9. The molecule has 146 valence electrons. The van der Waals surface area contributed by atoms with Crippen LogP contribution < -0.4 is 5.32 Å². The molecule has 1 aromatic heterocycles. The summed E-state index contributed by atoms with van der Waals surface area (Å²) in [5, 5.41) is 6.67. The zero-order valence-corrected chi connectivity index (χ0v) is 17.2. The van der Waals surface area contributed by atoms with Crippen LogP contribution in [0, 0.1) is 0 Å². The SMILES string of the molecule is CCOP(=O)(OCC)C(Nc1cc(CC)on1)P(=O)(OCC)OCC. The van der Waals surface area contributed by atoms with Gasteiger partial charge in [-0.3, -0.25) is 9.13 Å². The standard InChI is InChI=1S/C14H28N2O7P2/c1-6-12-11-13(16-23-12)15-14(24(17,19-7-2)20-8-3)25(18,21-9-4)22-10-5/h11,14H,6-10H2,1-5H3,(H,15,16). The molecule has 0 saturated heterocycles. The van der Waals surface area contributed by atoms with Gasteiger partial charge < -0.3 is 27.9 Å². The van der Waals surface area contributed by atoms with E-state index < -0.39 is 20.7 Å². The molecule has 11 heteroatoms. The predicted molar refractivity (Wildman–Crippen MR) is 95.0 cm³/mol. The average molecular weight is 398 g/mol. The van der Waals surface area contributed by atoms with Gasteiger partial charge in [0.25, 0.3) is 0 Å². The molecule has 25 heavy (non-hydrogen) atoms. The van der Waals surface area contributed by atoms with Gasteiger partial charge in [0.15, 0.2) is 5.82 Å². The molecule has 0 bridgehead atoms. The highest BCUT2D eigenvalue weighted by Gasteiger charge is 2.51. The summed E-state index contributed by atoms with van der Waals surface area (Å²) >= 11 is 0. The van der Waals surface area contributed by atoms with E-state index in [9.17, 15) is 9.13 Å². The highest BCUT2D eigenvalue weighted by atomic mass is 31.2.